The molecule has 0 spiro atoms. The Morgan fingerprint density at radius 1 is 1.17 bits per heavy atom. The van der Waals surface area contributed by atoms with E-state index in [0.717, 1.165) is 31.6 Å². The molecule has 4 rings (SSSR count). The minimum absolute atomic E-state index is 0.0639. The molecule has 1 aromatic rings. The van der Waals surface area contributed by atoms with Gasteiger partial charge < -0.3 is 15.4 Å². The topological polar surface area (TPSA) is 50.4 Å². The minimum Gasteiger partial charge on any atom is -0.381 e. The largest absolute Gasteiger partial charge is 0.381 e. The number of carbonyl (C=O) groups is 1. The van der Waals surface area contributed by atoms with Gasteiger partial charge in [-0.25, -0.2) is 4.39 Å². The highest BCUT2D eigenvalue weighted by Gasteiger charge is 2.37. The van der Waals surface area contributed by atoms with Gasteiger partial charge in [0.2, 0.25) is 0 Å². The molecule has 3 aliphatic rings. The number of alkyl halides is 1. The van der Waals surface area contributed by atoms with Crippen LogP contribution in [0.3, 0.4) is 0 Å². The van der Waals surface area contributed by atoms with Crippen molar-refractivity contribution in [3.05, 3.63) is 59.2 Å². The Bertz CT molecular complexity index is 853. The van der Waals surface area contributed by atoms with E-state index in [1.165, 1.54) is 12.8 Å². The molecule has 0 aromatic heterocycles. The van der Waals surface area contributed by atoms with Crippen LogP contribution >= 0.6 is 0 Å². The van der Waals surface area contributed by atoms with Gasteiger partial charge in [-0.2, -0.15) is 0 Å². The third-order valence-electron chi connectivity index (χ3n) is 5.72. The number of allylic oxidation sites excluding steroid dienone is 4. The Morgan fingerprint density at radius 3 is 2.62 bits per heavy atom. The first-order chi connectivity index (χ1) is 14.1. The summed E-state index contributed by atoms with van der Waals surface area (Å²) in [5.41, 5.74) is 1.80. The number of nitrogens with one attached hydrogen (secondary N) is 2. The standard InChI is InChI=1S/C24H27FN2O2/c25-22-4-2-1-3-19(22)8-5-18-6-9-20(10-7-18)23(28)26-17-24(27-21-11-12-21)13-15-29-16-14-24/h1-3,6-7,9-10,21-22,27H,4,11-17H2,(H,26,28). The van der Waals surface area contributed by atoms with Crippen molar-refractivity contribution < 1.29 is 13.9 Å². The van der Waals surface area contributed by atoms with E-state index in [1.54, 1.807) is 36.4 Å². The van der Waals surface area contributed by atoms with Crippen molar-refractivity contribution in [1.82, 2.24) is 10.6 Å². The third-order valence-corrected chi connectivity index (χ3v) is 5.72. The van der Waals surface area contributed by atoms with Crippen LogP contribution in [0.4, 0.5) is 4.39 Å². The fourth-order valence-electron chi connectivity index (χ4n) is 3.72. The van der Waals surface area contributed by atoms with E-state index in [-0.39, 0.29) is 11.4 Å². The Balaban J connectivity index is 1.35. The summed E-state index contributed by atoms with van der Waals surface area (Å²) in [4.78, 5) is 12.6. The molecule has 2 aliphatic carbocycles. The lowest BCUT2D eigenvalue weighted by Crippen LogP contribution is -2.57. The summed E-state index contributed by atoms with van der Waals surface area (Å²) in [6.07, 6.45) is 8.96. The van der Waals surface area contributed by atoms with Gasteiger partial charge in [0.1, 0.15) is 6.17 Å². The Kier molecular flexibility index (Phi) is 6.13. The maximum absolute atomic E-state index is 13.8. The molecule has 1 atom stereocenters. The van der Waals surface area contributed by atoms with Crippen LogP contribution in [0.2, 0.25) is 0 Å². The van der Waals surface area contributed by atoms with Crippen LogP contribution in [0, 0.1) is 11.8 Å². The minimum atomic E-state index is -1.03. The summed E-state index contributed by atoms with van der Waals surface area (Å²) in [6, 6.07) is 7.74. The van der Waals surface area contributed by atoms with Gasteiger partial charge in [0.05, 0.1) is 0 Å². The second-order valence-corrected chi connectivity index (χ2v) is 8.07. The second-order valence-electron chi connectivity index (χ2n) is 8.07. The number of rotatable bonds is 5. The van der Waals surface area contributed by atoms with Crippen molar-refractivity contribution in [1.29, 1.82) is 0 Å². The molecule has 0 bridgehead atoms. The summed E-state index contributed by atoms with van der Waals surface area (Å²) in [5.74, 6) is 5.79. The fourth-order valence-corrected chi connectivity index (χ4v) is 3.72. The average Bonchev–Trinajstić information content (AvgIpc) is 3.56. The molecule has 29 heavy (non-hydrogen) atoms. The van der Waals surface area contributed by atoms with Gasteiger partial charge >= 0.3 is 0 Å². The van der Waals surface area contributed by atoms with E-state index >= 15 is 0 Å². The van der Waals surface area contributed by atoms with E-state index in [2.05, 4.69) is 22.5 Å². The molecule has 1 aliphatic heterocycles. The highest BCUT2D eigenvalue weighted by molar-refractivity contribution is 5.94. The van der Waals surface area contributed by atoms with Crippen LogP contribution in [0.25, 0.3) is 0 Å². The molecule has 1 aromatic carbocycles. The molecule has 152 valence electrons. The second kappa shape index (κ2) is 8.94. The van der Waals surface area contributed by atoms with Crippen LogP contribution < -0.4 is 10.6 Å². The molecular formula is C24H27FN2O2. The van der Waals surface area contributed by atoms with Crippen LogP contribution in [-0.4, -0.2) is 43.4 Å². The van der Waals surface area contributed by atoms with Gasteiger partial charge in [0.15, 0.2) is 0 Å². The van der Waals surface area contributed by atoms with E-state index in [9.17, 15) is 9.18 Å². The van der Waals surface area contributed by atoms with Gasteiger partial charge in [-0.3, -0.25) is 4.79 Å². The normalized spacial score (nSPS) is 22.9. The maximum atomic E-state index is 13.8. The lowest BCUT2D eigenvalue weighted by atomic mass is 9.89. The molecule has 0 radical (unpaired) electrons. The molecule has 5 heteroatoms. The Labute approximate surface area is 171 Å². The molecular weight excluding hydrogens is 367 g/mol. The number of halogens is 1. The summed E-state index contributed by atoms with van der Waals surface area (Å²) < 4.78 is 19.3. The van der Waals surface area contributed by atoms with E-state index in [0.29, 0.717) is 30.1 Å². The summed E-state index contributed by atoms with van der Waals surface area (Å²) in [5, 5.41) is 6.81. The van der Waals surface area contributed by atoms with E-state index < -0.39 is 6.17 Å². The zero-order valence-electron chi connectivity index (χ0n) is 16.5. The van der Waals surface area contributed by atoms with Crippen molar-refractivity contribution in [2.24, 2.45) is 0 Å². The number of hydrogen-bond acceptors (Lipinski definition) is 3. The lowest BCUT2D eigenvalue weighted by molar-refractivity contribution is 0.0366. The first-order valence-corrected chi connectivity index (χ1v) is 10.4. The third kappa shape index (κ3) is 5.35. The van der Waals surface area contributed by atoms with Crippen molar-refractivity contribution in [3.8, 4) is 11.8 Å². The van der Waals surface area contributed by atoms with Gasteiger partial charge in [-0.05, 0) is 56.0 Å². The van der Waals surface area contributed by atoms with Gasteiger partial charge in [0, 0.05) is 54.5 Å². The lowest BCUT2D eigenvalue weighted by Gasteiger charge is -2.38. The predicted octanol–water partition coefficient (Wildman–Crippen LogP) is 3.29. The van der Waals surface area contributed by atoms with Crippen molar-refractivity contribution in [3.63, 3.8) is 0 Å². The number of amides is 1. The molecule has 1 saturated heterocycles. The van der Waals surface area contributed by atoms with Crippen LogP contribution in [-0.2, 0) is 4.74 Å². The van der Waals surface area contributed by atoms with Crippen molar-refractivity contribution >= 4 is 5.91 Å². The zero-order chi connectivity index (χ0) is 20.1. The van der Waals surface area contributed by atoms with Crippen LogP contribution in [0.15, 0.2) is 48.1 Å². The Morgan fingerprint density at radius 2 is 1.93 bits per heavy atom. The number of benzene rings is 1. The number of ether oxygens (including phenoxy) is 1. The van der Waals surface area contributed by atoms with Crippen molar-refractivity contribution in [2.45, 2.75) is 49.9 Å². The van der Waals surface area contributed by atoms with Crippen LogP contribution in [0.1, 0.15) is 48.0 Å². The molecule has 4 nitrogen and oxygen atoms in total. The summed E-state index contributed by atoms with van der Waals surface area (Å²) in [6.45, 7) is 2.07. The summed E-state index contributed by atoms with van der Waals surface area (Å²) in [7, 11) is 0. The molecule has 2 fully saturated rings. The first kappa shape index (κ1) is 19.9. The maximum Gasteiger partial charge on any atom is 0.251 e. The average molecular weight is 394 g/mol. The van der Waals surface area contributed by atoms with E-state index in [4.69, 9.17) is 4.74 Å². The SMILES string of the molecule is O=C(NCC1(NC2CC2)CCOCC1)c1ccc(C#CC2=CC=CCC2F)cc1. The first-order valence-electron chi connectivity index (χ1n) is 10.4. The van der Waals surface area contributed by atoms with Crippen molar-refractivity contribution in [2.75, 3.05) is 19.8 Å². The number of hydrogen-bond donors (Lipinski definition) is 2. The molecule has 1 heterocycles. The summed E-state index contributed by atoms with van der Waals surface area (Å²) >= 11 is 0. The number of carbonyl (C=O) groups excluding carboxylic acids is 1. The molecule has 1 saturated carbocycles. The van der Waals surface area contributed by atoms with Gasteiger partial charge in [-0.1, -0.05) is 24.0 Å². The van der Waals surface area contributed by atoms with Gasteiger partial charge in [-0.15, -0.1) is 0 Å². The smallest absolute Gasteiger partial charge is 0.251 e. The zero-order valence-corrected chi connectivity index (χ0v) is 16.5. The highest BCUT2D eigenvalue weighted by Crippen LogP contribution is 2.28. The highest BCUT2D eigenvalue weighted by atomic mass is 19.1. The molecule has 1 amide bonds. The molecule has 1 unspecified atom stereocenters. The molecule has 2 N–H and O–H groups in total. The monoisotopic (exact) mass is 394 g/mol. The quantitative estimate of drug-likeness (QED) is 0.754. The van der Waals surface area contributed by atoms with Crippen LogP contribution in [0.5, 0.6) is 0 Å². The van der Waals surface area contributed by atoms with E-state index in [1.807, 2.05) is 6.08 Å². The van der Waals surface area contributed by atoms with Gasteiger partial charge in [0.25, 0.3) is 5.91 Å². The Hall–Kier alpha value is -2.42. The fraction of sp³-hybridized carbons (Fsp3) is 0.458. The predicted molar refractivity (Wildman–Crippen MR) is 111 cm³/mol.